The van der Waals surface area contributed by atoms with Crippen LogP contribution in [0.3, 0.4) is 0 Å². The van der Waals surface area contributed by atoms with E-state index in [4.69, 9.17) is 9.47 Å². The number of ether oxygens (including phenoxy) is 2. The minimum Gasteiger partial charge on any atom is -0.445 e. The first kappa shape index (κ1) is 25.5. The molecule has 2 amide bonds. The average molecular weight is 491 g/mol. The topological polar surface area (TPSA) is 79.3 Å². The molecule has 0 bridgehead atoms. The van der Waals surface area contributed by atoms with Crippen LogP contribution in [0.1, 0.15) is 36.8 Å². The zero-order valence-corrected chi connectivity index (χ0v) is 20.4. The van der Waals surface area contributed by atoms with Gasteiger partial charge in [-0.1, -0.05) is 85.0 Å². The maximum atomic E-state index is 12.8. The summed E-state index contributed by atoms with van der Waals surface area (Å²) in [5.74, 6) is 0. The molecule has 0 saturated heterocycles. The fraction of sp³-hybridized carbons (Fsp3) is 0.379. The lowest BCUT2D eigenvalue weighted by Gasteiger charge is -2.35. The number of aliphatic hydroxyl groups excluding tert-OH is 1. The van der Waals surface area contributed by atoms with Crippen molar-refractivity contribution in [2.45, 2.75) is 57.1 Å². The number of carbonyl (C=O) groups excluding carboxylic acids is 2. The molecule has 7 nitrogen and oxygen atoms in total. The second kappa shape index (κ2) is 12.9. The molecule has 2 aromatic rings. The van der Waals surface area contributed by atoms with Gasteiger partial charge in [0.25, 0.3) is 0 Å². The third-order valence-electron chi connectivity index (χ3n) is 6.50. The first-order valence-electron chi connectivity index (χ1n) is 12.6. The van der Waals surface area contributed by atoms with Gasteiger partial charge < -0.3 is 24.4 Å². The molecule has 0 saturated carbocycles. The van der Waals surface area contributed by atoms with Crippen LogP contribution < -0.4 is 0 Å². The molecule has 2 aliphatic heterocycles. The smallest absolute Gasteiger partial charge is 0.410 e. The number of carbonyl (C=O) groups is 2. The normalized spacial score (nSPS) is 19.4. The molecule has 0 spiro atoms. The molecule has 0 radical (unpaired) electrons. The van der Waals surface area contributed by atoms with Crippen LogP contribution in [-0.4, -0.2) is 58.4 Å². The summed E-state index contributed by atoms with van der Waals surface area (Å²) in [6.07, 6.45) is 8.74. The van der Waals surface area contributed by atoms with Gasteiger partial charge >= 0.3 is 12.2 Å². The largest absolute Gasteiger partial charge is 0.445 e. The molecule has 0 aliphatic carbocycles. The molecule has 4 rings (SSSR count). The number of benzene rings is 2. The Hall–Kier alpha value is -3.58. The first-order chi connectivity index (χ1) is 17.6. The van der Waals surface area contributed by atoms with Crippen LogP contribution in [0.2, 0.25) is 0 Å². The third-order valence-corrected chi connectivity index (χ3v) is 6.50. The highest BCUT2D eigenvalue weighted by Gasteiger charge is 2.31. The van der Waals surface area contributed by atoms with Crippen LogP contribution in [0.5, 0.6) is 0 Å². The lowest BCUT2D eigenvalue weighted by atomic mass is 9.97. The second-order valence-corrected chi connectivity index (χ2v) is 9.16. The Balaban J connectivity index is 1.30. The Bertz CT molecular complexity index is 957. The lowest BCUT2D eigenvalue weighted by Crippen LogP contribution is -2.46. The van der Waals surface area contributed by atoms with Gasteiger partial charge in [-0.25, -0.2) is 9.59 Å². The van der Waals surface area contributed by atoms with Gasteiger partial charge in [-0.05, 0) is 36.8 Å². The van der Waals surface area contributed by atoms with Gasteiger partial charge in [-0.2, -0.15) is 0 Å². The minimum atomic E-state index is -0.709. The quantitative estimate of drug-likeness (QED) is 0.523. The summed E-state index contributed by atoms with van der Waals surface area (Å²) in [7, 11) is 0. The highest BCUT2D eigenvalue weighted by atomic mass is 16.6. The summed E-state index contributed by atoms with van der Waals surface area (Å²) < 4.78 is 11.1. The van der Waals surface area contributed by atoms with Crippen molar-refractivity contribution in [2.24, 2.45) is 0 Å². The van der Waals surface area contributed by atoms with Gasteiger partial charge in [0.1, 0.15) is 13.2 Å². The van der Waals surface area contributed by atoms with Gasteiger partial charge in [-0.3, -0.25) is 0 Å². The van der Waals surface area contributed by atoms with Gasteiger partial charge in [0.2, 0.25) is 0 Å². The zero-order valence-electron chi connectivity index (χ0n) is 20.4. The van der Waals surface area contributed by atoms with E-state index in [1.165, 1.54) is 0 Å². The summed E-state index contributed by atoms with van der Waals surface area (Å²) in [6, 6.07) is 18.6. The Kier molecular flexibility index (Phi) is 9.16. The molecule has 36 heavy (non-hydrogen) atoms. The van der Waals surface area contributed by atoms with E-state index in [2.05, 4.69) is 0 Å². The molecule has 2 aliphatic rings. The number of amides is 2. The predicted molar refractivity (Wildman–Crippen MR) is 137 cm³/mol. The summed E-state index contributed by atoms with van der Waals surface area (Å²) in [4.78, 5) is 28.9. The second-order valence-electron chi connectivity index (χ2n) is 9.16. The van der Waals surface area contributed by atoms with E-state index in [1.54, 1.807) is 9.80 Å². The van der Waals surface area contributed by atoms with E-state index in [0.29, 0.717) is 25.9 Å². The summed E-state index contributed by atoms with van der Waals surface area (Å²) in [6.45, 7) is 1.51. The molecule has 2 aromatic carbocycles. The molecule has 1 N–H and O–H groups in total. The standard InChI is InChI=1S/C29H34N2O5/c32-27(19-25-15-7-9-17-30(25)28(33)35-21-23-11-3-1-4-12-23)20-26-16-8-10-18-31(26)29(34)36-22-24-13-5-2-6-14-24/h1-8,11-16,25-27,32H,9-10,17-22H2/t25-,26-/m1/s1. The van der Waals surface area contributed by atoms with Gasteiger partial charge in [0.05, 0.1) is 18.2 Å². The molecule has 0 aromatic heterocycles. The van der Waals surface area contributed by atoms with Crippen LogP contribution in [0.15, 0.2) is 85.0 Å². The van der Waals surface area contributed by atoms with Crippen molar-refractivity contribution in [1.82, 2.24) is 9.80 Å². The van der Waals surface area contributed by atoms with Crippen molar-refractivity contribution in [3.8, 4) is 0 Å². The molecule has 2 heterocycles. The maximum absolute atomic E-state index is 12.8. The first-order valence-corrected chi connectivity index (χ1v) is 12.6. The Morgan fingerprint density at radius 1 is 0.750 bits per heavy atom. The Morgan fingerprint density at radius 2 is 1.17 bits per heavy atom. The van der Waals surface area contributed by atoms with Crippen molar-refractivity contribution in [3.63, 3.8) is 0 Å². The predicted octanol–water partition coefficient (Wildman–Crippen LogP) is 5.06. The molecule has 0 fully saturated rings. The Labute approximate surface area is 212 Å². The molecule has 190 valence electrons. The Morgan fingerprint density at radius 3 is 1.58 bits per heavy atom. The van der Waals surface area contributed by atoms with Crippen molar-refractivity contribution in [1.29, 1.82) is 0 Å². The van der Waals surface area contributed by atoms with Crippen LogP contribution in [0, 0.1) is 0 Å². The SMILES string of the molecule is O=C(OCc1ccccc1)N1CCC=C[C@@H]1CC(O)C[C@H]1C=CCCN1C(=O)OCc1ccccc1. The van der Waals surface area contributed by atoms with E-state index >= 15 is 0 Å². The minimum absolute atomic E-state index is 0.210. The molecular formula is C29H34N2O5. The van der Waals surface area contributed by atoms with Crippen LogP contribution >= 0.6 is 0 Å². The number of rotatable bonds is 8. The van der Waals surface area contributed by atoms with Crippen LogP contribution in [-0.2, 0) is 22.7 Å². The van der Waals surface area contributed by atoms with E-state index in [9.17, 15) is 14.7 Å². The highest BCUT2D eigenvalue weighted by Crippen LogP contribution is 2.22. The van der Waals surface area contributed by atoms with Crippen molar-refractivity contribution < 1.29 is 24.2 Å². The van der Waals surface area contributed by atoms with Gasteiger partial charge in [0.15, 0.2) is 0 Å². The van der Waals surface area contributed by atoms with Crippen LogP contribution in [0.25, 0.3) is 0 Å². The third kappa shape index (κ3) is 7.21. The summed E-state index contributed by atoms with van der Waals surface area (Å²) in [5, 5.41) is 10.9. The lowest BCUT2D eigenvalue weighted by molar-refractivity contribution is 0.0544. The van der Waals surface area contributed by atoms with Gasteiger partial charge in [-0.15, -0.1) is 0 Å². The van der Waals surface area contributed by atoms with Crippen LogP contribution in [0.4, 0.5) is 9.59 Å². The molecular weight excluding hydrogens is 456 g/mol. The van der Waals surface area contributed by atoms with Gasteiger partial charge in [0, 0.05) is 13.1 Å². The number of nitrogens with zero attached hydrogens (tertiary/aromatic N) is 2. The van der Waals surface area contributed by atoms with E-state index in [1.807, 2.05) is 85.0 Å². The van der Waals surface area contributed by atoms with E-state index in [-0.39, 0.29) is 37.5 Å². The number of hydrogen-bond donors (Lipinski definition) is 1. The average Bonchev–Trinajstić information content (AvgIpc) is 2.92. The van der Waals surface area contributed by atoms with Crippen molar-refractivity contribution in [2.75, 3.05) is 13.1 Å². The maximum Gasteiger partial charge on any atom is 0.410 e. The molecule has 0 unspecified atom stereocenters. The highest BCUT2D eigenvalue weighted by molar-refractivity contribution is 5.69. The number of aliphatic hydroxyl groups is 1. The summed E-state index contributed by atoms with van der Waals surface area (Å²) in [5.41, 5.74) is 1.86. The number of hydrogen-bond acceptors (Lipinski definition) is 5. The zero-order chi connectivity index (χ0) is 25.2. The van der Waals surface area contributed by atoms with Crippen molar-refractivity contribution >= 4 is 12.2 Å². The monoisotopic (exact) mass is 490 g/mol. The van der Waals surface area contributed by atoms with Crippen molar-refractivity contribution in [3.05, 3.63) is 96.1 Å². The summed E-state index contributed by atoms with van der Waals surface area (Å²) >= 11 is 0. The fourth-order valence-corrected chi connectivity index (χ4v) is 4.60. The van der Waals surface area contributed by atoms with E-state index in [0.717, 1.165) is 24.0 Å². The fourth-order valence-electron chi connectivity index (χ4n) is 4.60. The van der Waals surface area contributed by atoms with E-state index < -0.39 is 6.10 Å². The molecule has 7 heteroatoms. The molecule has 2 atom stereocenters.